The number of carbonyl (C=O) groups excluding carboxylic acids is 2. The van der Waals surface area contributed by atoms with Crippen LogP contribution in [0.2, 0.25) is 0 Å². The fraction of sp³-hybridized carbons (Fsp3) is 0.308. The summed E-state index contributed by atoms with van der Waals surface area (Å²) in [6.45, 7) is 3.85. The molecule has 0 aliphatic heterocycles. The van der Waals surface area contributed by atoms with Crippen molar-refractivity contribution in [2.45, 2.75) is 26.3 Å². The van der Waals surface area contributed by atoms with E-state index in [1.165, 1.54) is 18.6 Å². The number of nitrogens with zero attached hydrogens (tertiary/aromatic N) is 1. The summed E-state index contributed by atoms with van der Waals surface area (Å²) < 4.78 is 9.95. The van der Waals surface area contributed by atoms with E-state index < -0.39 is 5.91 Å². The number of hydrogen-bond donors (Lipinski definition) is 2. The molecule has 2 N–H and O–H groups in total. The van der Waals surface area contributed by atoms with E-state index in [0.717, 1.165) is 6.42 Å². The van der Waals surface area contributed by atoms with E-state index in [1.54, 1.807) is 6.07 Å². The third kappa shape index (κ3) is 3.25. The van der Waals surface area contributed by atoms with Gasteiger partial charge in [0.25, 0.3) is 11.8 Å². The van der Waals surface area contributed by atoms with Crippen LogP contribution in [-0.4, -0.2) is 22.8 Å². The van der Waals surface area contributed by atoms with Gasteiger partial charge >= 0.3 is 6.01 Å². The minimum Gasteiger partial charge on any atom is -0.459 e. The topological polar surface area (TPSA) is 97.4 Å². The molecule has 0 aliphatic rings. The van der Waals surface area contributed by atoms with Gasteiger partial charge in [0.2, 0.25) is 0 Å². The van der Waals surface area contributed by atoms with Crippen LogP contribution in [0.1, 0.15) is 41.3 Å². The van der Waals surface area contributed by atoms with E-state index in [4.69, 9.17) is 8.83 Å². The van der Waals surface area contributed by atoms with Crippen molar-refractivity contribution in [3.8, 4) is 0 Å². The summed E-state index contributed by atoms with van der Waals surface area (Å²) in [5.74, 6) is -0.707. The standard InChI is InChI=1S/C13H15N3O4/c1-3-8(2)14-11(17)9-7-20-13(15-9)16-12(18)10-5-4-6-19-10/h4-8H,3H2,1-2H3,(H,14,17)(H,15,16,18). The van der Waals surface area contributed by atoms with E-state index in [9.17, 15) is 9.59 Å². The van der Waals surface area contributed by atoms with Gasteiger partial charge in [-0.2, -0.15) is 4.98 Å². The molecule has 1 atom stereocenters. The van der Waals surface area contributed by atoms with Gasteiger partial charge < -0.3 is 14.2 Å². The van der Waals surface area contributed by atoms with Crippen LogP contribution in [0.4, 0.5) is 6.01 Å². The molecule has 0 bridgehead atoms. The quantitative estimate of drug-likeness (QED) is 0.871. The van der Waals surface area contributed by atoms with Crippen molar-refractivity contribution in [3.05, 3.63) is 36.1 Å². The second-order valence-corrected chi connectivity index (χ2v) is 4.25. The molecule has 0 aliphatic carbocycles. The minimum atomic E-state index is -0.495. The lowest BCUT2D eigenvalue weighted by atomic mass is 10.2. The van der Waals surface area contributed by atoms with Crippen LogP contribution in [0.25, 0.3) is 0 Å². The third-order valence-electron chi connectivity index (χ3n) is 2.69. The number of aromatic nitrogens is 1. The predicted molar refractivity (Wildman–Crippen MR) is 70.4 cm³/mol. The van der Waals surface area contributed by atoms with E-state index >= 15 is 0 Å². The third-order valence-corrected chi connectivity index (χ3v) is 2.69. The molecule has 0 aromatic carbocycles. The van der Waals surface area contributed by atoms with Crippen molar-refractivity contribution >= 4 is 17.8 Å². The number of anilines is 1. The lowest BCUT2D eigenvalue weighted by molar-refractivity contribution is 0.0932. The highest BCUT2D eigenvalue weighted by atomic mass is 16.4. The van der Waals surface area contributed by atoms with Crippen LogP contribution < -0.4 is 10.6 Å². The Hall–Kier alpha value is -2.57. The smallest absolute Gasteiger partial charge is 0.302 e. The zero-order valence-electron chi connectivity index (χ0n) is 11.2. The van der Waals surface area contributed by atoms with Crippen LogP contribution in [0, 0.1) is 0 Å². The van der Waals surface area contributed by atoms with Gasteiger partial charge in [-0.05, 0) is 25.5 Å². The van der Waals surface area contributed by atoms with E-state index in [2.05, 4.69) is 15.6 Å². The molecule has 0 saturated carbocycles. The van der Waals surface area contributed by atoms with Gasteiger partial charge in [-0.25, -0.2) is 0 Å². The Balaban J connectivity index is 1.99. The molecule has 106 valence electrons. The largest absolute Gasteiger partial charge is 0.459 e. The molecule has 2 rings (SSSR count). The van der Waals surface area contributed by atoms with Gasteiger partial charge in [-0.3, -0.25) is 14.9 Å². The molecule has 2 amide bonds. The first-order chi connectivity index (χ1) is 9.60. The predicted octanol–water partition coefficient (Wildman–Crippen LogP) is 2.05. The molecule has 2 heterocycles. The Bertz CT molecular complexity index is 589. The Morgan fingerprint density at radius 3 is 2.80 bits per heavy atom. The Kier molecular flexibility index (Phi) is 4.19. The maximum absolute atomic E-state index is 11.8. The lowest BCUT2D eigenvalue weighted by Crippen LogP contribution is -2.32. The number of rotatable bonds is 5. The van der Waals surface area contributed by atoms with Crippen LogP contribution in [0.3, 0.4) is 0 Å². The van der Waals surface area contributed by atoms with Gasteiger partial charge in [0.05, 0.1) is 6.26 Å². The number of oxazole rings is 1. The summed E-state index contributed by atoms with van der Waals surface area (Å²) in [6, 6.07) is 3.09. The highest BCUT2D eigenvalue weighted by Gasteiger charge is 2.16. The number of amides is 2. The molecule has 2 aromatic rings. The molecule has 1 unspecified atom stereocenters. The van der Waals surface area contributed by atoms with Crippen molar-refractivity contribution in [1.29, 1.82) is 0 Å². The molecule has 0 radical (unpaired) electrons. The Morgan fingerprint density at radius 1 is 1.35 bits per heavy atom. The molecule has 7 nitrogen and oxygen atoms in total. The van der Waals surface area contributed by atoms with Crippen LogP contribution in [-0.2, 0) is 0 Å². The zero-order chi connectivity index (χ0) is 14.5. The van der Waals surface area contributed by atoms with Crippen LogP contribution in [0.5, 0.6) is 0 Å². The summed E-state index contributed by atoms with van der Waals surface area (Å²) in [7, 11) is 0. The van der Waals surface area contributed by atoms with Gasteiger partial charge in [0.15, 0.2) is 11.5 Å². The van der Waals surface area contributed by atoms with Crippen molar-refractivity contribution in [3.63, 3.8) is 0 Å². The van der Waals surface area contributed by atoms with Gasteiger partial charge in [-0.15, -0.1) is 0 Å². The molecule has 20 heavy (non-hydrogen) atoms. The van der Waals surface area contributed by atoms with Crippen molar-refractivity contribution < 1.29 is 18.4 Å². The lowest BCUT2D eigenvalue weighted by Gasteiger charge is -2.08. The van der Waals surface area contributed by atoms with Crippen molar-refractivity contribution in [2.75, 3.05) is 5.32 Å². The molecule has 0 fully saturated rings. The maximum atomic E-state index is 11.8. The number of furan rings is 1. The summed E-state index contributed by atoms with van der Waals surface area (Å²) >= 11 is 0. The Morgan fingerprint density at radius 2 is 2.15 bits per heavy atom. The summed E-state index contributed by atoms with van der Waals surface area (Å²) in [6.07, 6.45) is 3.39. The average Bonchev–Trinajstić information content (AvgIpc) is 3.09. The van der Waals surface area contributed by atoms with Crippen molar-refractivity contribution in [2.24, 2.45) is 0 Å². The zero-order valence-corrected chi connectivity index (χ0v) is 11.2. The summed E-state index contributed by atoms with van der Waals surface area (Å²) in [4.78, 5) is 27.3. The van der Waals surface area contributed by atoms with E-state index in [0.29, 0.717) is 0 Å². The SMILES string of the molecule is CCC(C)NC(=O)c1coc(NC(=O)c2ccco2)n1. The monoisotopic (exact) mass is 277 g/mol. The van der Waals surface area contributed by atoms with E-state index in [-0.39, 0.29) is 29.4 Å². The second-order valence-electron chi connectivity index (χ2n) is 4.25. The fourth-order valence-corrected chi connectivity index (χ4v) is 1.40. The number of nitrogens with one attached hydrogen (secondary N) is 2. The maximum Gasteiger partial charge on any atom is 0.302 e. The average molecular weight is 277 g/mol. The molecular formula is C13H15N3O4. The van der Waals surface area contributed by atoms with Gasteiger partial charge in [-0.1, -0.05) is 6.92 Å². The second kappa shape index (κ2) is 6.05. The fourth-order valence-electron chi connectivity index (χ4n) is 1.40. The number of carbonyl (C=O) groups is 2. The first kappa shape index (κ1) is 13.9. The highest BCUT2D eigenvalue weighted by Crippen LogP contribution is 2.10. The number of hydrogen-bond acceptors (Lipinski definition) is 5. The summed E-state index contributed by atoms with van der Waals surface area (Å²) in [5, 5.41) is 5.14. The van der Waals surface area contributed by atoms with Crippen molar-refractivity contribution in [1.82, 2.24) is 10.3 Å². The Labute approximate surface area is 115 Å². The molecule has 0 spiro atoms. The van der Waals surface area contributed by atoms with Gasteiger partial charge in [0, 0.05) is 6.04 Å². The molecule has 2 aromatic heterocycles. The minimum absolute atomic E-state index is 0.0420. The first-order valence-corrected chi connectivity index (χ1v) is 6.21. The summed E-state index contributed by atoms with van der Waals surface area (Å²) in [5.41, 5.74) is 0.111. The molecular weight excluding hydrogens is 262 g/mol. The van der Waals surface area contributed by atoms with Crippen LogP contribution >= 0.6 is 0 Å². The van der Waals surface area contributed by atoms with Gasteiger partial charge in [0.1, 0.15) is 6.26 Å². The van der Waals surface area contributed by atoms with E-state index in [1.807, 2.05) is 13.8 Å². The first-order valence-electron chi connectivity index (χ1n) is 6.21. The molecule has 7 heteroatoms. The normalized spacial score (nSPS) is 11.9. The van der Waals surface area contributed by atoms with Crippen LogP contribution in [0.15, 0.2) is 33.5 Å². The molecule has 0 saturated heterocycles. The highest BCUT2D eigenvalue weighted by molar-refractivity contribution is 6.01.